The lowest BCUT2D eigenvalue weighted by molar-refractivity contribution is 0.601. The lowest BCUT2D eigenvalue weighted by Gasteiger charge is -2.09. The molecular formula is C13H13IN2O2S. The van der Waals surface area contributed by atoms with Crippen LogP contribution in [0.1, 0.15) is 5.56 Å². The summed E-state index contributed by atoms with van der Waals surface area (Å²) in [5.74, 6) is 0. The normalized spacial score (nSPS) is 11.3. The Kier molecular flexibility index (Phi) is 4.00. The van der Waals surface area contributed by atoms with Crippen LogP contribution < -0.4 is 10.5 Å². The van der Waals surface area contributed by atoms with Crippen molar-refractivity contribution >= 4 is 44.0 Å². The molecule has 0 saturated heterocycles. The summed E-state index contributed by atoms with van der Waals surface area (Å²) in [6, 6.07) is 11.9. The molecule has 2 rings (SSSR count). The zero-order chi connectivity index (χ0) is 14.0. The number of nitrogens with one attached hydrogen (secondary N) is 1. The number of benzene rings is 2. The quantitative estimate of drug-likeness (QED) is 0.627. The molecule has 100 valence electrons. The summed E-state index contributed by atoms with van der Waals surface area (Å²) in [4.78, 5) is 0.170. The first-order chi connectivity index (χ1) is 8.87. The summed E-state index contributed by atoms with van der Waals surface area (Å²) in [5, 5.41) is 0. The van der Waals surface area contributed by atoms with Crippen molar-refractivity contribution in [2.45, 2.75) is 11.8 Å². The van der Waals surface area contributed by atoms with Crippen molar-refractivity contribution in [3.8, 4) is 0 Å². The Hall–Kier alpha value is -1.28. The van der Waals surface area contributed by atoms with Crippen molar-refractivity contribution in [1.29, 1.82) is 0 Å². The first-order valence-electron chi connectivity index (χ1n) is 5.52. The minimum Gasteiger partial charge on any atom is -0.399 e. The molecule has 19 heavy (non-hydrogen) atoms. The maximum absolute atomic E-state index is 12.2. The predicted molar refractivity (Wildman–Crippen MR) is 85.6 cm³/mol. The number of nitrogen functional groups attached to an aromatic ring is 1. The van der Waals surface area contributed by atoms with E-state index < -0.39 is 10.0 Å². The average molecular weight is 388 g/mol. The van der Waals surface area contributed by atoms with Gasteiger partial charge < -0.3 is 5.73 Å². The van der Waals surface area contributed by atoms with E-state index in [0.717, 1.165) is 9.13 Å². The monoisotopic (exact) mass is 388 g/mol. The summed E-state index contributed by atoms with van der Waals surface area (Å²) in [6.45, 7) is 1.81. The molecule has 0 aromatic heterocycles. The molecule has 0 bridgehead atoms. The number of anilines is 2. The van der Waals surface area contributed by atoms with Crippen LogP contribution in [0.2, 0.25) is 0 Å². The molecule has 0 aliphatic heterocycles. The Labute approximate surface area is 126 Å². The largest absolute Gasteiger partial charge is 0.399 e. The van der Waals surface area contributed by atoms with Crippen LogP contribution in [0.4, 0.5) is 11.4 Å². The molecule has 0 amide bonds. The lowest BCUT2D eigenvalue weighted by atomic mass is 10.2. The molecule has 0 heterocycles. The van der Waals surface area contributed by atoms with Gasteiger partial charge in [0.15, 0.2) is 0 Å². The third-order valence-electron chi connectivity index (χ3n) is 2.48. The van der Waals surface area contributed by atoms with E-state index in [1.165, 1.54) is 6.07 Å². The van der Waals surface area contributed by atoms with E-state index in [1.54, 1.807) is 31.2 Å². The van der Waals surface area contributed by atoms with Crippen LogP contribution in [0.15, 0.2) is 47.4 Å². The molecule has 0 aliphatic carbocycles. The second kappa shape index (κ2) is 5.38. The summed E-state index contributed by atoms with van der Waals surface area (Å²) in [5.41, 5.74) is 7.45. The van der Waals surface area contributed by atoms with Crippen LogP contribution in [0.3, 0.4) is 0 Å². The van der Waals surface area contributed by atoms with Gasteiger partial charge in [-0.05, 0) is 77.5 Å². The highest BCUT2D eigenvalue weighted by Crippen LogP contribution is 2.20. The number of hydrogen-bond donors (Lipinski definition) is 2. The highest BCUT2D eigenvalue weighted by molar-refractivity contribution is 14.1. The van der Waals surface area contributed by atoms with Gasteiger partial charge in [-0.1, -0.05) is 0 Å². The van der Waals surface area contributed by atoms with Gasteiger partial charge in [-0.25, -0.2) is 8.42 Å². The van der Waals surface area contributed by atoms with Gasteiger partial charge in [0, 0.05) is 14.9 Å². The summed E-state index contributed by atoms with van der Waals surface area (Å²) < 4.78 is 28.0. The van der Waals surface area contributed by atoms with Gasteiger partial charge in [0.05, 0.1) is 4.90 Å². The van der Waals surface area contributed by atoms with Gasteiger partial charge in [0.25, 0.3) is 10.0 Å². The average Bonchev–Trinajstić information content (AvgIpc) is 2.31. The molecule has 0 spiro atoms. The second-order valence-electron chi connectivity index (χ2n) is 4.19. The van der Waals surface area contributed by atoms with Crippen LogP contribution in [-0.2, 0) is 10.0 Å². The summed E-state index contributed by atoms with van der Waals surface area (Å²) in [6.07, 6.45) is 0. The Morgan fingerprint density at radius 1 is 1.11 bits per heavy atom. The van der Waals surface area contributed by atoms with Crippen LogP contribution in [0, 0.1) is 10.5 Å². The van der Waals surface area contributed by atoms with Crippen molar-refractivity contribution in [3.63, 3.8) is 0 Å². The van der Waals surface area contributed by atoms with Crippen molar-refractivity contribution in [2.75, 3.05) is 10.5 Å². The molecule has 2 aromatic rings. The molecule has 6 heteroatoms. The van der Waals surface area contributed by atoms with Gasteiger partial charge in [0.2, 0.25) is 0 Å². The number of halogens is 1. The fraction of sp³-hybridized carbons (Fsp3) is 0.0769. The highest BCUT2D eigenvalue weighted by atomic mass is 127. The van der Waals surface area contributed by atoms with Gasteiger partial charge in [0.1, 0.15) is 0 Å². The molecule has 0 aliphatic rings. The van der Waals surface area contributed by atoms with Crippen LogP contribution in [-0.4, -0.2) is 8.42 Å². The SMILES string of the molecule is Cc1cc(N)cc(S(=O)(=O)Nc2ccc(I)cc2)c1. The van der Waals surface area contributed by atoms with E-state index in [0.29, 0.717) is 11.4 Å². The van der Waals surface area contributed by atoms with E-state index in [9.17, 15) is 8.42 Å². The van der Waals surface area contributed by atoms with E-state index >= 15 is 0 Å². The fourth-order valence-corrected chi connectivity index (χ4v) is 3.22. The molecule has 0 atom stereocenters. The molecule has 4 nitrogen and oxygen atoms in total. The Bertz CT molecular complexity index is 677. The van der Waals surface area contributed by atoms with Gasteiger partial charge in [-0.15, -0.1) is 0 Å². The van der Waals surface area contributed by atoms with Crippen LogP contribution >= 0.6 is 22.6 Å². The predicted octanol–water partition coefficient (Wildman–Crippen LogP) is 2.98. The Balaban J connectivity index is 2.34. The summed E-state index contributed by atoms with van der Waals surface area (Å²) >= 11 is 2.16. The van der Waals surface area contributed by atoms with E-state index in [1.807, 2.05) is 12.1 Å². The minimum atomic E-state index is -3.60. The van der Waals surface area contributed by atoms with Crippen molar-refractivity contribution in [3.05, 3.63) is 51.6 Å². The topological polar surface area (TPSA) is 72.2 Å². The molecule has 0 fully saturated rings. The minimum absolute atomic E-state index is 0.170. The standard InChI is InChI=1S/C13H13IN2O2S/c1-9-6-11(15)8-13(7-9)19(17,18)16-12-4-2-10(14)3-5-12/h2-8,16H,15H2,1H3. The molecule has 3 N–H and O–H groups in total. The number of sulfonamides is 1. The molecule has 0 radical (unpaired) electrons. The van der Waals surface area contributed by atoms with Crippen LogP contribution in [0.25, 0.3) is 0 Å². The van der Waals surface area contributed by atoms with Crippen LogP contribution in [0.5, 0.6) is 0 Å². The molecule has 2 aromatic carbocycles. The Morgan fingerprint density at radius 3 is 2.32 bits per heavy atom. The first-order valence-corrected chi connectivity index (χ1v) is 8.08. The highest BCUT2D eigenvalue weighted by Gasteiger charge is 2.15. The molecule has 0 unspecified atom stereocenters. The maximum atomic E-state index is 12.2. The van der Waals surface area contributed by atoms with E-state index in [2.05, 4.69) is 27.3 Å². The zero-order valence-corrected chi connectivity index (χ0v) is 13.2. The number of hydrogen-bond acceptors (Lipinski definition) is 3. The zero-order valence-electron chi connectivity index (χ0n) is 10.2. The van der Waals surface area contributed by atoms with Gasteiger partial charge >= 0.3 is 0 Å². The smallest absolute Gasteiger partial charge is 0.261 e. The maximum Gasteiger partial charge on any atom is 0.261 e. The second-order valence-corrected chi connectivity index (χ2v) is 7.12. The Morgan fingerprint density at radius 2 is 1.74 bits per heavy atom. The van der Waals surface area contributed by atoms with Crippen molar-refractivity contribution in [1.82, 2.24) is 0 Å². The molecular weight excluding hydrogens is 375 g/mol. The number of aryl methyl sites for hydroxylation is 1. The van der Waals surface area contributed by atoms with Crippen molar-refractivity contribution in [2.24, 2.45) is 0 Å². The third-order valence-corrected chi connectivity index (χ3v) is 4.56. The van der Waals surface area contributed by atoms with E-state index in [4.69, 9.17) is 5.73 Å². The van der Waals surface area contributed by atoms with Gasteiger partial charge in [-0.3, -0.25) is 4.72 Å². The number of rotatable bonds is 3. The lowest BCUT2D eigenvalue weighted by Crippen LogP contribution is -2.13. The molecule has 0 saturated carbocycles. The third kappa shape index (κ3) is 3.60. The summed E-state index contributed by atoms with van der Waals surface area (Å²) in [7, 11) is -3.60. The van der Waals surface area contributed by atoms with E-state index in [-0.39, 0.29) is 4.90 Å². The fourth-order valence-electron chi connectivity index (χ4n) is 1.66. The van der Waals surface area contributed by atoms with Crippen molar-refractivity contribution < 1.29 is 8.42 Å². The number of nitrogens with two attached hydrogens (primary N) is 1. The first kappa shape index (κ1) is 14.1. The van der Waals surface area contributed by atoms with Gasteiger partial charge in [-0.2, -0.15) is 0 Å².